The molecule has 0 aromatic heterocycles. The number of rotatable bonds is 7. The van der Waals surface area contributed by atoms with E-state index in [-0.39, 0.29) is 18.5 Å². The molecule has 1 amide bonds. The van der Waals surface area contributed by atoms with Crippen molar-refractivity contribution in [1.82, 2.24) is 5.32 Å². The lowest BCUT2D eigenvalue weighted by Gasteiger charge is -2.20. The molecule has 0 saturated heterocycles. The third-order valence-electron chi connectivity index (χ3n) is 5.33. The Morgan fingerprint density at radius 3 is 2.58 bits per heavy atom. The fourth-order valence-electron chi connectivity index (χ4n) is 4.04. The number of esters is 1. The van der Waals surface area contributed by atoms with E-state index in [1.165, 1.54) is 19.3 Å². The molecule has 0 unspecified atom stereocenters. The molecular weight excluding hydrogens is 306 g/mol. The quantitative estimate of drug-likeness (QED) is 0.780. The summed E-state index contributed by atoms with van der Waals surface area (Å²) in [5.74, 6) is 2.25. The Kier molecular flexibility index (Phi) is 5.38. The minimum atomic E-state index is -0.271. The van der Waals surface area contributed by atoms with Gasteiger partial charge in [0.2, 0.25) is 0 Å². The number of carbonyl (C=O) groups is 2. The maximum atomic E-state index is 11.9. The first kappa shape index (κ1) is 16.8. The van der Waals surface area contributed by atoms with Gasteiger partial charge in [-0.05, 0) is 54.7 Å². The molecule has 130 valence electrons. The molecule has 2 aliphatic rings. The summed E-state index contributed by atoms with van der Waals surface area (Å²) in [6.45, 7) is 0.211. The molecule has 1 N–H and O–H groups in total. The number of hydrogen-bond donors (Lipinski definition) is 1. The average molecular weight is 331 g/mol. The highest BCUT2D eigenvalue weighted by Crippen LogP contribution is 2.49. The summed E-state index contributed by atoms with van der Waals surface area (Å²) < 4.78 is 10.2. The molecule has 2 fully saturated rings. The number of hydrogen-bond acceptors (Lipinski definition) is 4. The molecule has 2 bridgehead atoms. The standard InChI is InChI=1S/C19H25NO4/c1-23-17-6-3-13(4-7-17)11-20-18(21)12-24-19(22)10-16-9-14-2-5-15(16)8-14/h3-4,6-7,14-16H,2,5,8-12H2,1H3,(H,20,21)/t14-,15+,16-/m0/s1. The van der Waals surface area contributed by atoms with Gasteiger partial charge in [0, 0.05) is 13.0 Å². The van der Waals surface area contributed by atoms with Crippen molar-refractivity contribution in [3.8, 4) is 5.75 Å². The first-order valence-electron chi connectivity index (χ1n) is 8.69. The predicted octanol–water partition coefficient (Wildman–Crippen LogP) is 2.68. The molecule has 2 saturated carbocycles. The van der Waals surface area contributed by atoms with E-state index in [0.717, 1.165) is 23.7 Å². The summed E-state index contributed by atoms with van der Waals surface area (Å²) in [5, 5.41) is 2.76. The topological polar surface area (TPSA) is 64.6 Å². The Hall–Kier alpha value is -2.04. The Morgan fingerprint density at radius 1 is 1.17 bits per heavy atom. The monoisotopic (exact) mass is 331 g/mol. The van der Waals surface area contributed by atoms with Gasteiger partial charge in [-0.25, -0.2) is 0 Å². The molecule has 5 heteroatoms. The number of amides is 1. The predicted molar refractivity (Wildman–Crippen MR) is 89.4 cm³/mol. The van der Waals surface area contributed by atoms with E-state index >= 15 is 0 Å². The molecule has 1 aromatic carbocycles. The Labute approximate surface area is 142 Å². The number of ether oxygens (including phenoxy) is 2. The zero-order valence-electron chi connectivity index (χ0n) is 14.1. The number of benzene rings is 1. The second-order valence-electron chi connectivity index (χ2n) is 6.92. The van der Waals surface area contributed by atoms with Gasteiger partial charge in [0.25, 0.3) is 5.91 Å². The normalized spacial score (nSPS) is 24.6. The second-order valence-corrected chi connectivity index (χ2v) is 6.92. The van der Waals surface area contributed by atoms with E-state index in [1.54, 1.807) is 7.11 Å². The number of fused-ring (bicyclic) bond motifs is 2. The third-order valence-corrected chi connectivity index (χ3v) is 5.33. The van der Waals surface area contributed by atoms with Gasteiger partial charge < -0.3 is 14.8 Å². The van der Waals surface area contributed by atoms with Crippen LogP contribution in [0.5, 0.6) is 5.75 Å². The molecule has 3 rings (SSSR count). The van der Waals surface area contributed by atoms with Crippen molar-refractivity contribution in [1.29, 1.82) is 0 Å². The van der Waals surface area contributed by atoms with Gasteiger partial charge in [-0.15, -0.1) is 0 Å². The van der Waals surface area contributed by atoms with Crippen molar-refractivity contribution < 1.29 is 19.1 Å². The third kappa shape index (κ3) is 4.28. The smallest absolute Gasteiger partial charge is 0.306 e. The van der Waals surface area contributed by atoms with Crippen LogP contribution in [-0.2, 0) is 20.9 Å². The van der Waals surface area contributed by atoms with Crippen LogP contribution in [0.25, 0.3) is 0 Å². The summed E-state index contributed by atoms with van der Waals surface area (Å²) in [6.07, 6.45) is 5.48. The van der Waals surface area contributed by atoms with Gasteiger partial charge in [0.15, 0.2) is 6.61 Å². The number of nitrogens with one attached hydrogen (secondary N) is 1. The van der Waals surface area contributed by atoms with Gasteiger partial charge in [-0.3, -0.25) is 9.59 Å². The van der Waals surface area contributed by atoms with Crippen LogP contribution in [0, 0.1) is 17.8 Å². The van der Waals surface area contributed by atoms with Gasteiger partial charge in [-0.1, -0.05) is 18.6 Å². The summed E-state index contributed by atoms with van der Waals surface area (Å²) in [7, 11) is 1.61. The second kappa shape index (κ2) is 7.69. The Morgan fingerprint density at radius 2 is 1.96 bits per heavy atom. The molecule has 0 radical (unpaired) electrons. The Balaban J connectivity index is 1.33. The first-order valence-corrected chi connectivity index (χ1v) is 8.69. The van der Waals surface area contributed by atoms with Crippen LogP contribution in [0.3, 0.4) is 0 Å². The van der Waals surface area contributed by atoms with Crippen LogP contribution in [0.1, 0.15) is 37.7 Å². The molecular formula is C19H25NO4. The average Bonchev–Trinajstić information content (AvgIpc) is 3.21. The van der Waals surface area contributed by atoms with Gasteiger partial charge in [0.05, 0.1) is 7.11 Å². The van der Waals surface area contributed by atoms with E-state index in [2.05, 4.69) is 5.32 Å². The van der Waals surface area contributed by atoms with Crippen LogP contribution >= 0.6 is 0 Å². The Bertz CT molecular complexity index is 584. The largest absolute Gasteiger partial charge is 0.497 e. The maximum Gasteiger partial charge on any atom is 0.306 e. The van der Waals surface area contributed by atoms with Gasteiger partial charge in [-0.2, -0.15) is 0 Å². The molecule has 0 heterocycles. The molecule has 2 aliphatic carbocycles. The fourth-order valence-corrected chi connectivity index (χ4v) is 4.04. The lowest BCUT2D eigenvalue weighted by atomic mass is 9.86. The summed E-state index contributed by atoms with van der Waals surface area (Å²) in [6, 6.07) is 7.47. The first-order chi connectivity index (χ1) is 11.6. The van der Waals surface area contributed by atoms with Gasteiger partial charge in [0.1, 0.15) is 5.75 Å². The van der Waals surface area contributed by atoms with Crippen LogP contribution in [-0.4, -0.2) is 25.6 Å². The lowest BCUT2D eigenvalue weighted by molar-refractivity contribution is -0.149. The minimum Gasteiger partial charge on any atom is -0.497 e. The maximum absolute atomic E-state index is 11.9. The van der Waals surface area contributed by atoms with Crippen molar-refractivity contribution >= 4 is 11.9 Å². The number of methoxy groups -OCH3 is 1. The summed E-state index contributed by atoms with van der Waals surface area (Å²) in [4.78, 5) is 23.7. The molecule has 0 aliphatic heterocycles. The zero-order valence-corrected chi connectivity index (χ0v) is 14.1. The fraction of sp³-hybridized carbons (Fsp3) is 0.579. The molecule has 1 aromatic rings. The van der Waals surface area contributed by atoms with E-state index in [4.69, 9.17) is 9.47 Å². The van der Waals surface area contributed by atoms with Crippen molar-refractivity contribution in [2.45, 2.75) is 38.6 Å². The van der Waals surface area contributed by atoms with E-state index in [1.807, 2.05) is 24.3 Å². The van der Waals surface area contributed by atoms with Crippen molar-refractivity contribution in [3.63, 3.8) is 0 Å². The van der Waals surface area contributed by atoms with Crippen molar-refractivity contribution in [2.75, 3.05) is 13.7 Å². The number of carbonyl (C=O) groups excluding carboxylic acids is 2. The van der Waals surface area contributed by atoms with Crippen LogP contribution < -0.4 is 10.1 Å². The van der Waals surface area contributed by atoms with E-state index in [9.17, 15) is 9.59 Å². The van der Waals surface area contributed by atoms with E-state index in [0.29, 0.717) is 24.8 Å². The minimum absolute atomic E-state index is 0.199. The van der Waals surface area contributed by atoms with Gasteiger partial charge >= 0.3 is 5.97 Å². The summed E-state index contributed by atoms with van der Waals surface area (Å²) in [5.41, 5.74) is 0.970. The highest BCUT2D eigenvalue weighted by molar-refractivity contribution is 5.80. The molecule has 0 spiro atoms. The highest BCUT2D eigenvalue weighted by Gasteiger charge is 2.40. The molecule has 3 atom stereocenters. The van der Waals surface area contributed by atoms with Crippen LogP contribution in [0.4, 0.5) is 0 Å². The van der Waals surface area contributed by atoms with Crippen LogP contribution in [0.2, 0.25) is 0 Å². The SMILES string of the molecule is COc1ccc(CNC(=O)COC(=O)C[C@@H]2C[C@H]3CC[C@@H]2C3)cc1. The van der Waals surface area contributed by atoms with Crippen LogP contribution in [0.15, 0.2) is 24.3 Å². The lowest BCUT2D eigenvalue weighted by Crippen LogP contribution is -2.29. The molecule has 5 nitrogen and oxygen atoms in total. The highest BCUT2D eigenvalue weighted by atomic mass is 16.5. The summed E-state index contributed by atoms with van der Waals surface area (Å²) >= 11 is 0. The molecule has 24 heavy (non-hydrogen) atoms. The van der Waals surface area contributed by atoms with Crippen molar-refractivity contribution in [3.05, 3.63) is 29.8 Å². The zero-order chi connectivity index (χ0) is 16.9. The van der Waals surface area contributed by atoms with E-state index < -0.39 is 0 Å². The van der Waals surface area contributed by atoms with Crippen molar-refractivity contribution in [2.24, 2.45) is 17.8 Å².